The van der Waals surface area contributed by atoms with Gasteiger partial charge in [-0.1, -0.05) is 30.7 Å². The van der Waals surface area contributed by atoms with Crippen molar-refractivity contribution in [1.82, 2.24) is 4.98 Å². The minimum Gasteiger partial charge on any atom is -0.394 e. The average Bonchev–Trinajstić information content (AvgIpc) is 3.23. The standard InChI is InChI=1S/C23H23ClFNO4S/c1-12-18(11-27)30-23(22(29)21(12)28)13-2-5-17(24)15(8-13)9-16-4-6-19(31-16)14-3-7-20(25)26-10-14/h2-8,10,12,18,21-23,27-29H,9,11H2,1H3. The Bertz CT molecular complexity index is 1040. The van der Waals surface area contributed by atoms with E-state index in [-0.39, 0.29) is 12.5 Å². The van der Waals surface area contributed by atoms with Gasteiger partial charge in [-0.05, 0) is 41.5 Å². The number of aliphatic hydroxyl groups excluding tert-OH is 3. The number of hydrogen-bond donors (Lipinski definition) is 3. The van der Waals surface area contributed by atoms with Crippen LogP contribution in [0.5, 0.6) is 0 Å². The first-order valence-electron chi connectivity index (χ1n) is 9.98. The third-order valence-corrected chi connectivity index (χ3v) is 7.23. The van der Waals surface area contributed by atoms with E-state index < -0.39 is 30.4 Å². The molecular weight excluding hydrogens is 441 g/mol. The quantitative estimate of drug-likeness (QED) is 0.498. The summed E-state index contributed by atoms with van der Waals surface area (Å²) in [6.07, 6.45) is -1.36. The van der Waals surface area contributed by atoms with Crippen LogP contribution in [0.1, 0.15) is 29.0 Å². The molecule has 8 heteroatoms. The van der Waals surface area contributed by atoms with Crippen molar-refractivity contribution in [2.45, 2.75) is 37.8 Å². The maximum atomic E-state index is 13.1. The molecule has 5 unspecified atom stereocenters. The predicted octanol–water partition coefficient (Wildman–Crippen LogP) is 3.98. The van der Waals surface area contributed by atoms with Crippen molar-refractivity contribution in [1.29, 1.82) is 0 Å². The summed E-state index contributed by atoms with van der Waals surface area (Å²) in [6.45, 7) is 1.50. The van der Waals surface area contributed by atoms with Crippen molar-refractivity contribution < 1.29 is 24.4 Å². The molecule has 0 bridgehead atoms. The topological polar surface area (TPSA) is 82.8 Å². The number of pyridine rings is 1. The van der Waals surface area contributed by atoms with Gasteiger partial charge >= 0.3 is 0 Å². The van der Waals surface area contributed by atoms with E-state index in [9.17, 15) is 19.7 Å². The second kappa shape index (κ2) is 9.32. The normalized spacial score (nSPS) is 26.2. The molecule has 1 aromatic carbocycles. The zero-order valence-electron chi connectivity index (χ0n) is 16.8. The lowest BCUT2D eigenvalue weighted by Crippen LogP contribution is -2.50. The molecule has 4 rings (SSSR count). The molecule has 0 radical (unpaired) electrons. The van der Waals surface area contributed by atoms with Crippen LogP contribution in [0.25, 0.3) is 10.4 Å². The number of ether oxygens (including phenoxy) is 1. The van der Waals surface area contributed by atoms with Crippen LogP contribution in [0.15, 0.2) is 48.7 Å². The Labute approximate surface area is 188 Å². The van der Waals surface area contributed by atoms with E-state index in [1.54, 1.807) is 36.5 Å². The molecule has 5 nitrogen and oxygen atoms in total. The summed E-state index contributed by atoms with van der Waals surface area (Å²) in [5.41, 5.74) is 2.39. The van der Waals surface area contributed by atoms with Gasteiger partial charge in [0.15, 0.2) is 0 Å². The predicted molar refractivity (Wildman–Crippen MR) is 118 cm³/mol. The van der Waals surface area contributed by atoms with E-state index in [1.807, 2.05) is 18.2 Å². The highest BCUT2D eigenvalue weighted by Crippen LogP contribution is 2.37. The molecule has 3 N–H and O–H groups in total. The zero-order valence-corrected chi connectivity index (χ0v) is 18.4. The summed E-state index contributed by atoms with van der Waals surface area (Å²) in [7, 11) is 0. The van der Waals surface area contributed by atoms with Crippen LogP contribution in [0.2, 0.25) is 5.02 Å². The van der Waals surface area contributed by atoms with E-state index in [4.69, 9.17) is 16.3 Å². The molecule has 0 aliphatic carbocycles. The van der Waals surface area contributed by atoms with Gasteiger partial charge in [0.25, 0.3) is 0 Å². The van der Waals surface area contributed by atoms with E-state index in [1.165, 1.54) is 12.3 Å². The second-order valence-corrected chi connectivity index (χ2v) is 9.36. The maximum Gasteiger partial charge on any atom is 0.212 e. The summed E-state index contributed by atoms with van der Waals surface area (Å²) in [4.78, 5) is 5.74. The lowest BCUT2D eigenvalue weighted by atomic mass is 9.85. The highest BCUT2D eigenvalue weighted by Gasteiger charge is 2.42. The first-order chi connectivity index (χ1) is 14.9. The van der Waals surface area contributed by atoms with Crippen molar-refractivity contribution in [2.75, 3.05) is 6.61 Å². The summed E-state index contributed by atoms with van der Waals surface area (Å²) in [6, 6.07) is 12.4. The lowest BCUT2D eigenvalue weighted by molar-refractivity contribution is -0.207. The minimum absolute atomic E-state index is 0.238. The van der Waals surface area contributed by atoms with Crippen molar-refractivity contribution in [3.05, 3.63) is 75.6 Å². The number of halogens is 2. The molecular formula is C23H23ClFNO4S. The summed E-state index contributed by atoms with van der Waals surface area (Å²) < 4.78 is 19.0. The SMILES string of the molecule is CC1C(CO)OC(c2ccc(Cl)c(Cc3ccc(-c4ccc(F)nc4)s3)c2)C(O)C1O. The molecule has 0 spiro atoms. The number of hydrogen-bond acceptors (Lipinski definition) is 6. The zero-order chi connectivity index (χ0) is 22.1. The smallest absolute Gasteiger partial charge is 0.212 e. The van der Waals surface area contributed by atoms with E-state index in [2.05, 4.69) is 4.98 Å². The molecule has 1 fully saturated rings. The Balaban J connectivity index is 1.57. The number of benzene rings is 1. The van der Waals surface area contributed by atoms with Crippen molar-refractivity contribution in [3.8, 4) is 10.4 Å². The molecule has 31 heavy (non-hydrogen) atoms. The largest absolute Gasteiger partial charge is 0.394 e. The fourth-order valence-corrected chi connectivity index (χ4v) is 5.04. The average molecular weight is 464 g/mol. The van der Waals surface area contributed by atoms with Crippen molar-refractivity contribution >= 4 is 22.9 Å². The summed E-state index contributed by atoms with van der Waals surface area (Å²) in [5.74, 6) is -0.896. The fourth-order valence-electron chi connectivity index (χ4n) is 3.83. The van der Waals surface area contributed by atoms with Gasteiger partial charge in [0, 0.05) is 38.9 Å². The van der Waals surface area contributed by atoms with Gasteiger partial charge in [0.05, 0.1) is 18.8 Å². The Morgan fingerprint density at radius 1 is 1.13 bits per heavy atom. The highest BCUT2D eigenvalue weighted by atomic mass is 35.5. The summed E-state index contributed by atoms with van der Waals surface area (Å²) in [5, 5.41) is 31.1. The van der Waals surface area contributed by atoms with Gasteiger partial charge in [0.1, 0.15) is 12.2 Å². The Kier molecular flexibility index (Phi) is 6.71. The van der Waals surface area contributed by atoms with Crippen LogP contribution < -0.4 is 0 Å². The molecule has 3 aromatic rings. The van der Waals surface area contributed by atoms with Crippen molar-refractivity contribution in [3.63, 3.8) is 0 Å². The van der Waals surface area contributed by atoms with Crippen molar-refractivity contribution in [2.24, 2.45) is 5.92 Å². The number of rotatable bonds is 5. The van der Waals surface area contributed by atoms with Gasteiger partial charge in [-0.25, -0.2) is 4.98 Å². The molecule has 1 aliphatic heterocycles. The van der Waals surface area contributed by atoms with Gasteiger partial charge < -0.3 is 20.1 Å². The van der Waals surface area contributed by atoms with Crippen LogP contribution in [0.4, 0.5) is 4.39 Å². The monoisotopic (exact) mass is 463 g/mol. The highest BCUT2D eigenvalue weighted by molar-refractivity contribution is 7.15. The van der Waals surface area contributed by atoms with E-state index >= 15 is 0 Å². The molecule has 0 saturated carbocycles. The number of aromatic nitrogens is 1. The van der Waals surface area contributed by atoms with Crippen LogP contribution in [-0.2, 0) is 11.2 Å². The van der Waals surface area contributed by atoms with E-state index in [0.717, 1.165) is 20.9 Å². The molecule has 1 aliphatic rings. The minimum atomic E-state index is -1.11. The molecule has 0 amide bonds. The van der Waals surface area contributed by atoms with Gasteiger partial charge in [-0.3, -0.25) is 0 Å². The number of aliphatic hydroxyl groups is 3. The van der Waals surface area contributed by atoms with Crippen LogP contribution in [-0.4, -0.2) is 45.2 Å². The van der Waals surface area contributed by atoms with Gasteiger partial charge in [-0.15, -0.1) is 11.3 Å². The lowest BCUT2D eigenvalue weighted by Gasteiger charge is -2.41. The first-order valence-corrected chi connectivity index (χ1v) is 11.2. The van der Waals surface area contributed by atoms with Crippen LogP contribution in [0, 0.1) is 11.9 Å². The molecule has 5 atom stereocenters. The van der Waals surface area contributed by atoms with Gasteiger partial charge in [0.2, 0.25) is 5.95 Å². The Hall–Kier alpha value is -1.87. The Morgan fingerprint density at radius 3 is 2.65 bits per heavy atom. The molecule has 2 aromatic heterocycles. The Morgan fingerprint density at radius 2 is 1.94 bits per heavy atom. The van der Waals surface area contributed by atoms with Crippen LogP contribution >= 0.6 is 22.9 Å². The van der Waals surface area contributed by atoms with Gasteiger partial charge in [-0.2, -0.15) is 4.39 Å². The third kappa shape index (κ3) is 4.67. The molecule has 1 saturated heterocycles. The molecule has 164 valence electrons. The number of thiophene rings is 1. The van der Waals surface area contributed by atoms with Crippen LogP contribution in [0.3, 0.4) is 0 Å². The summed E-state index contributed by atoms with van der Waals surface area (Å²) >= 11 is 8.00. The maximum absolute atomic E-state index is 13.1. The molecule has 3 heterocycles. The third-order valence-electron chi connectivity index (χ3n) is 5.72. The fraction of sp³-hybridized carbons (Fsp3) is 0.348. The first kappa shape index (κ1) is 22.3. The number of nitrogens with zero attached hydrogens (tertiary/aromatic N) is 1. The van der Waals surface area contributed by atoms with E-state index in [0.29, 0.717) is 17.0 Å². The second-order valence-electron chi connectivity index (χ2n) is 7.78.